The first-order chi connectivity index (χ1) is 18.7. The maximum Gasteiger partial charge on any atom is 0.181 e. The minimum absolute atomic E-state index is 0.716. The molecular formula is C31H37N7. The molecule has 0 saturated carbocycles. The molecule has 2 fully saturated rings. The Balaban J connectivity index is 1.32. The number of aromatic nitrogens is 5. The van der Waals surface area contributed by atoms with Gasteiger partial charge in [0.2, 0.25) is 0 Å². The van der Waals surface area contributed by atoms with Crippen molar-refractivity contribution in [1.29, 1.82) is 0 Å². The minimum atomic E-state index is 0.716. The fourth-order valence-corrected chi connectivity index (χ4v) is 5.94. The van der Waals surface area contributed by atoms with Crippen LogP contribution in [-0.2, 0) is 6.54 Å². The Morgan fingerprint density at radius 3 is 2.50 bits per heavy atom. The largest absolute Gasteiger partial charge is 0.371 e. The van der Waals surface area contributed by atoms with Crippen LogP contribution in [0.4, 0.5) is 0 Å². The van der Waals surface area contributed by atoms with Crippen LogP contribution >= 0.6 is 0 Å². The van der Waals surface area contributed by atoms with Crippen molar-refractivity contribution in [3.63, 3.8) is 0 Å². The van der Waals surface area contributed by atoms with Gasteiger partial charge < -0.3 is 9.88 Å². The SMILES string of the molecule is C=C/C=C(\c1cc(-c2[nH]nc3ncc(-c4cncc(CN5CCCCC5)c4)cc23)[nH]c1C)N1CCCCC1. The molecule has 7 nitrogen and oxygen atoms in total. The molecule has 2 saturated heterocycles. The van der Waals surface area contributed by atoms with E-state index < -0.39 is 0 Å². The van der Waals surface area contributed by atoms with Crippen molar-refractivity contribution < 1.29 is 0 Å². The highest BCUT2D eigenvalue weighted by atomic mass is 15.2. The Kier molecular flexibility index (Phi) is 7.10. The standard InChI is InChI=1S/C31H37N7/c1-3-10-29(38-13-8-5-9-14-38)26-17-28(34-22(26)2)30-27-16-25(20-33-31(27)36-35-30)24-15-23(18-32-19-24)21-37-11-6-4-7-12-37/h3,10,15-20,34H,1,4-9,11-14,21H2,2H3,(H,33,35,36)/b29-10+. The number of rotatable bonds is 7. The molecule has 4 aromatic rings. The number of pyridine rings is 2. The van der Waals surface area contributed by atoms with E-state index in [0.29, 0.717) is 5.65 Å². The Labute approximate surface area is 224 Å². The van der Waals surface area contributed by atoms with Gasteiger partial charge in [-0.2, -0.15) is 5.10 Å². The van der Waals surface area contributed by atoms with E-state index >= 15 is 0 Å². The number of hydrogen-bond acceptors (Lipinski definition) is 5. The molecule has 6 rings (SSSR count). The highest BCUT2D eigenvalue weighted by Crippen LogP contribution is 2.33. The maximum absolute atomic E-state index is 4.69. The minimum Gasteiger partial charge on any atom is -0.371 e. The Morgan fingerprint density at radius 2 is 1.71 bits per heavy atom. The molecule has 0 bridgehead atoms. The van der Waals surface area contributed by atoms with Crippen molar-refractivity contribution in [3.8, 4) is 22.5 Å². The van der Waals surface area contributed by atoms with Crippen LogP contribution in [0.5, 0.6) is 0 Å². The molecule has 0 atom stereocenters. The highest BCUT2D eigenvalue weighted by Gasteiger charge is 2.20. The second kappa shape index (κ2) is 11.0. The number of likely N-dealkylation sites (tertiary alicyclic amines) is 2. The number of piperidine rings is 2. The summed E-state index contributed by atoms with van der Waals surface area (Å²) in [4.78, 5) is 17.9. The predicted octanol–water partition coefficient (Wildman–Crippen LogP) is 6.32. The monoisotopic (exact) mass is 507 g/mol. The molecule has 0 aromatic carbocycles. The summed E-state index contributed by atoms with van der Waals surface area (Å²) in [5.74, 6) is 0. The van der Waals surface area contributed by atoms with Crippen molar-refractivity contribution in [2.45, 2.75) is 52.0 Å². The number of fused-ring (bicyclic) bond motifs is 1. The lowest BCUT2D eigenvalue weighted by Crippen LogP contribution is -2.29. The van der Waals surface area contributed by atoms with Gasteiger partial charge in [0.1, 0.15) is 0 Å². The average Bonchev–Trinajstić information content (AvgIpc) is 3.55. The smallest absolute Gasteiger partial charge is 0.181 e. The van der Waals surface area contributed by atoms with E-state index in [4.69, 9.17) is 0 Å². The van der Waals surface area contributed by atoms with Gasteiger partial charge in [0.05, 0.1) is 11.4 Å². The van der Waals surface area contributed by atoms with E-state index in [1.54, 1.807) is 0 Å². The van der Waals surface area contributed by atoms with Crippen LogP contribution < -0.4 is 0 Å². The summed E-state index contributed by atoms with van der Waals surface area (Å²) in [6, 6.07) is 6.68. The first-order valence-corrected chi connectivity index (χ1v) is 14.0. The van der Waals surface area contributed by atoms with Gasteiger partial charge in [0, 0.05) is 71.7 Å². The lowest BCUT2D eigenvalue weighted by molar-refractivity contribution is 0.220. The summed E-state index contributed by atoms with van der Waals surface area (Å²) >= 11 is 0. The highest BCUT2D eigenvalue weighted by molar-refractivity contribution is 5.93. The first kappa shape index (κ1) is 24.6. The number of nitrogens with one attached hydrogen (secondary N) is 2. The van der Waals surface area contributed by atoms with Crippen molar-refractivity contribution in [2.75, 3.05) is 26.2 Å². The van der Waals surface area contributed by atoms with E-state index in [1.807, 2.05) is 24.7 Å². The Hall–Kier alpha value is -3.71. The van der Waals surface area contributed by atoms with Crippen LogP contribution in [-0.4, -0.2) is 61.1 Å². The molecule has 0 unspecified atom stereocenters. The second-order valence-electron chi connectivity index (χ2n) is 10.7. The molecule has 0 spiro atoms. The molecule has 7 heteroatoms. The average molecular weight is 508 g/mol. The first-order valence-electron chi connectivity index (χ1n) is 14.0. The summed E-state index contributed by atoms with van der Waals surface area (Å²) in [5.41, 5.74) is 9.67. The summed E-state index contributed by atoms with van der Waals surface area (Å²) < 4.78 is 0. The van der Waals surface area contributed by atoms with Gasteiger partial charge in [0.15, 0.2) is 5.65 Å². The Morgan fingerprint density at radius 1 is 0.947 bits per heavy atom. The zero-order valence-electron chi connectivity index (χ0n) is 22.3. The number of allylic oxidation sites excluding steroid dienone is 2. The van der Waals surface area contributed by atoms with Gasteiger partial charge in [0.25, 0.3) is 0 Å². The van der Waals surface area contributed by atoms with Crippen LogP contribution in [0.25, 0.3) is 39.2 Å². The summed E-state index contributed by atoms with van der Waals surface area (Å²) in [6.07, 6.45) is 17.6. The number of aromatic amines is 2. The summed E-state index contributed by atoms with van der Waals surface area (Å²) in [5, 5.41) is 8.76. The molecule has 0 radical (unpaired) electrons. The molecule has 4 aromatic heterocycles. The van der Waals surface area contributed by atoms with Gasteiger partial charge in [-0.1, -0.05) is 19.1 Å². The summed E-state index contributed by atoms with van der Waals surface area (Å²) in [7, 11) is 0. The van der Waals surface area contributed by atoms with Crippen LogP contribution in [0.1, 0.15) is 55.3 Å². The molecule has 0 aliphatic carbocycles. The van der Waals surface area contributed by atoms with Crippen molar-refractivity contribution in [3.05, 3.63) is 72.3 Å². The zero-order chi connectivity index (χ0) is 25.9. The van der Waals surface area contributed by atoms with Crippen molar-refractivity contribution in [1.82, 2.24) is 34.9 Å². The fraction of sp³-hybridized carbons (Fsp3) is 0.387. The molecular weight excluding hydrogens is 470 g/mol. The van der Waals surface area contributed by atoms with Gasteiger partial charge in [-0.05, 0) is 82.0 Å². The van der Waals surface area contributed by atoms with Crippen molar-refractivity contribution in [2.24, 2.45) is 0 Å². The quantitative estimate of drug-likeness (QED) is 0.286. The molecule has 2 aliphatic heterocycles. The normalized spacial score (nSPS) is 17.3. The molecule has 196 valence electrons. The van der Waals surface area contributed by atoms with Gasteiger partial charge in [-0.25, -0.2) is 4.98 Å². The zero-order valence-corrected chi connectivity index (χ0v) is 22.3. The fourth-order valence-electron chi connectivity index (χ4n) is 5.94. The number of H-pyrrole nitrogens is 2. The van der Waals surface area contributed by atoms with E-state index in [1.165, 1.54) is 68.4 Å². The third-order valence-corrected chi connectivity index (χ3v) is 7.93. The van der Waals surface area contributed by atoms with Gasteiger partial charge in [-0.3, -0.25) is 15.0 Å². The Bertz CT molecular complexity index is 1450. The lowest BCUT2D eigenvalue weighted by Gasteiger charge is -2.31. The number of nitrogens with zero attached hydrogens (tertiary/aromatic N) is 5. The molecule has 38 heavy (non-hydrogen) atoms. The van der Waals surface area contributed by atoms with Gasteiger partial charge >= 0.3 is 0 Å². The molecule has 2 N–H and O–H groups in total. The third-order valence-electron chi connectivity index (χ3n) is 7.93. The molecule has 0 amide bonds. The maximum atomic E-state index is 4.69. The topological polar surface area (TPSA) is 76.7 Å². The second-order valence-corrected chi connectivity index (χ2v) is 10.7. The number of aryl methyl sites for hydroxylation is 1. The van der Waals surface area contributed by atoms with Crippen LogP contribution in [0.2, 0.25) is 0 Å². The van der Waals surface area contributed by atoms with Crippen LogP contribution in [0.15, 0.2) is 55.5 Å². The summed E-state index contributed by atoms with van der Waals surface area (Å²) in [6.45, 7) is 11.6. The lowest BCUT2D eigenvalue weighted by atomic mass is 10.0. The van der Waals surface area contributed by atoms with E-state index in [-0.39, 0.29) is 0 Å². The van der Waals surface area contributed by atoms with E-state index in [2.05, 4.69) is 72.7 Å². The third kappa shape index (κ3) is 5.03. The van der Waals surface area contributed by atoms with Crippen LogP contribution in [0.3, 0.4) is 0 Å². The van der Waals surface area contributed by atoms with Gasteiger partial charge in [-0.15, -0.1) is 0 Å². The van der Waals surface area contributed by atoms with Crippen LogP contribution in [0, 0.1) is 6.92 Å². The predicted molar refractivity (Wildman–Crippen MR) is 154 cm³/mol. The molecule has 6 heterocycles. The van der Waals surface area contributed by atoms with E-state index in [9.17, 15) is 0 Å². The van der Waals surface area contributed by atoms with Crippen molar-refractivity contribution >= 4 is 16.7 Å². The number of hydrogen-bond donors (Lipinski definition) is 2. The molecule has 2 aliphatic rings. The van der Waals surface area contributed by atoms with E-state index in [0.717, 1.165) is 53.2 Å².